The zero-order valence-corrected chi connectivity index (χ0v) is 11.0. The van der Waals surface area contributed by atoms with E-state index in [0.29, 0.717) is 6.54 Å². The molecule has 4 nitrogen and oxygen atoms in total. The van der Waals surface area contributed by atoms with Gasteiger partial charge in [0.25, 0.3) is 0 Å². The Bertz CT molecular complexity index is 311. The topological polar surface area (TPSA) is 40.6 Å². The maximum absolute atomic E-state index is 11.6. The molecule has 1 aliphatic rings. The number of rotatable bonds is 3. The number of hydrogen-bond acceptors (Lipinski definition) is 3. The van der Waals surface area contributed by atoms with E-state index in [1.165, 1.54) is 6.26 Å². The minimum Gasteiger partial charge on any atom is -0.300 e. The Kier molecular flexibility index (Phi) is 3.79. The third-order valence-corrected chi connectivity index (χ3v) is 4.32. The Morgan fingerprint density at radius 2 is 1.87 bits per heavy atom. The lowest BCUT2D eigenvalue weighted by Crippen LogP contribution is -2.60. The first kappa shape index (κ1) is 12.9. The molecule has 0 aliphatic carbocycles. The van der Waals surface area contributed by atoms with Crippen LogP contribution in [-0.4, -0.2) is 55.6 Å². The van der Waals surface area contributed by atoms with Gasteiger partial charge in [-0.1, -0.05) is 6.92 Å². The van der Waals surface area contributed by atoms with E-state index in [9.17, 15) is 8.42 Å². The van der Waals surface area contributed by atoms with Gasteiger partial charge in [0.05, 0.1) is 6.26 Å². The molecule has 0 aromatic heterocycles. The molecule has 0 aromatic rings. The van der Waals surface area contributed by atoms with Crippen molar-refractivity contribution in [2.45, 2.75) is 32.7 Å². The molecule has 0 unspecified atom stereocenters. The summed E-state index contributed by atoms with van der Waals surface area (Å²) in [6, 6.07) is 0. The van der Waals surface area contributed by atoms with Crippen molar-refractivity contribution in [1.82, 2.24) is 9.21 Å². The molecule has 1 fully saturated rings. The van der Waals surface area contributed by atoms with E-state index in [1.54, 1.807) is 4.31 Å². The van der Waals surface area contributed by atoms with Crippen LogP contribution in [0.1, 0.15) is 27.2 Å². The van der Waals surface area contributed by atoms with Crippen LogP contribution in [0.2, 0.25) is 0 Å². The molecule has 1 aliphatic heterocycles. The van der Waals surface area contributed by atoms with Gasteiger partial charge in [0, 0.05) is 25.2 Å². The Morgan fingerprint density at radius 3 is 2.27 bits per heavy atom. The molecular formula is C10H22N2O2S. The van der Waals surface area contributed by atoms with Crippen LogP contribution >= 0.6 is 0 Å². The van der Waals surface area contributed by atoms with Gasteiger partial charge in [-0.25, -0.2) is 8.42 Å². The van der Waals surface area contributed by atoms with Crippen LogP contribution in [0.4, 0.5) is 0 Å². The summed E-state index contributed by atoms with van der Waals surface area (Å²) in [5.74, 6) is 0. The summed E-state index contributed by atoms with van der Waals surface area (Å²) in [6.45, 7) is 9.49. The predicted molar refractivity (Wildman–Crippen MR) is 62.4 cm³/mol. The van der Waals surface area contributed by atoms with Crippen LogP contribution in [0.15, 0.2) is 0 Å². The third kappa shape index (κ3) is 3.16. The summed E-state index contributed by atoms with van der Waals surface area (Å²) >= 11 is 0. The summed E-state index contributed by atoms with van der Waals surface area (Å²) in [5, 5.41) is 0. The van der Waals surface area contributed by atoms with Crippen molar-refractivity contribution in [3.05, 3.63) is 0 Å². The molecule has 0 atom stereocenters. The number of sulfonamides is 1. The minimum atomic E-state index is -3.07. The molecule has 0 radical (unpaired) electrons. The van der Waals surface area contributed by atoms with Crippen molar-refractivity contribution in [3.8, 4) is 0 Å². The van der Waals surface area contributed by atoms with Gasteiger partial charge < -0.3 is 4.90 Å². The number of hydrogen-bond donors (Lipinski definition) is 0. The van der Waals surface area contributed by atoms with Crippen LogP contribution in [0, 0.1) is 0 Å². The van der Waals surface area contributed by atoms with E-state index in [4.69, 9.17) is 0 Å². The van der Waals surface area contributed by atoms with Crippen LogP contribution in [0.5, 0.6) is 0 Å². The normalized spacial score (nSPS) is 24.3. The average Bonchev–Trinajstić information content (AvgIpc) is 1.99. The molecule has 15 heavy (non-hydrogen) atoms. The molecule has 90 valence electrons. The Morgan fingerprint density at radius 1 is 1.27 bits per heavy atom. The molecule has 0 N–H and O–H groups in total. The van der Waals surface area contributed by atoms with Gasteiger partial charge >= 0.3 is 0 Å². The largest absolute Gasteiger partial charge is 0.300 e. The molecule has 0 bridgehead atoms. The Balaban J connectivity index is 2.75. The zero-order valence-electron chi connectivity index (χ0n) is 10.2. The third-order valence-electron chi connectivity index (χ3n) is 2.85. The maximum atomic E-state index is 11.6. The lowest BCUT2D eigenvalue weighted by molar-refractivity contribution is 0.0822. The first-order valence-corrected chi connectivity index (χ1v) is 7.32. The average molecular weight is 234 g/mol. The predicted octanol–water partition coefficient (Wildman–Crippen LogP) is 0.752. The first-order chi connectivity index (χ1) is 6.77. The van der Waals surface area contributed by atoms with Gasteiger partial charge in [0.1, 0.15) is 0 Å². The highest BCUT2D eigenvalue weighted by Crippen LogP contribution is 2.23. The molecule has 1 rings (SSSR count). The number of piperazine rings is 1. The Hall–Kier alpha value is -0.130. The fourth-order valence-corrected chi connectivity index (χ4v) is 3.73. The standard InChI is InChI=1S/C10H22N2O2S/c1-5-6-11-7-8-12(15(4,13)14)10(2,3)9-11/h5-9H2,1-4H3. The van der Waals surface area contributed by atoms with Gasteiger partial charge in [-0.2, -0.15) is 4.31 Å². The van der Waals surface area contributed by atoms with E-state index < -0.39 is 10.0 Å². The summed E-state index contributed by atoms with van der Waals surface area (Å²) in [6.07, 6.45) is 2.42. The van der Waals surface area contributed by atoms with Crippen LogP contribution in [0.25, 0.3) is 0 Å². The van der Waals surface area contributed by atoms with Gasteiger partial charge in [-0.3, -0.25) is 0 Å². The van der Waals surface area contributed by atoms with Crippen LogP contribution in [-0.2, 0) is 10.0 Å². The van der Waals surface area contributed by atoms with Crippen LogP contribution < -0.4 is 0 Å². The second-order valence-electron chi connectivity index (χ2n) is 4.92. The van der Waals surface area contributed by atoms with Crippen molar-refractivity contribution >= 4 is 10.0 Å². The zero-order chi connectivity index (χ0) is 11.7. The summed E-state index contributed by atoms with van der Waals surface area (Å²) in [7, 11) is -3.07. The fourth-order valence-electron chi connectivity index (χ4n) is 2.36. The van der Waals surface area contributed by atoms with Gasteiger partial charge in [0.15, 0.2) is 0 Å². The second-order valence-corrected chi connectivity index (χ2v) is 6.83. The molecule has 0 saturated carbocycles. The van der Waals surface area contributed by atoms with E-state index in [0.717, 1.165) is 26.1 Å². The summed E-state index contributed by atoms with van der Waals surface area (Å²) in [4.78, 5) is 2.34. The molecule has 1 heterocycles. The first-order valence-electron chi connectivity index (χ1n) is 5.47. The molecule has 5 heteroatoms. The lowest BCUT2D eigenvalue weighted by atomic mass is 10.0. The SMILES string of the molecule is CCCN1CCN(S(C)(=O)=O)C(C)(C)C1. The second kappa shape index (κ2) is 4.39. The smallest absolute Gasteiger partial charge is 0.211 e. The molecule has 0 amide bonds. The van der Waals surface area contributed by atoms with E-state index in [-0.39, 0.29) is 5.54 Å². The van der Waals surface area contributed by atoms with Crippen molar-refractivity contribution in [1.29, 1.82) is 0 Å². The van der Waals surface area contributed by atoms with Crippen LogP contribution in [0.3, 0.4) is 0 Å². The maximum Gasteiger partial charge on any atom is 0.211 e. The highest BCUT2D eigenvalue weighted by Gasteiger charge is 2.38. The van der Waals surface area contributed by atoms with Crippen molar-refractivity contribution in [2.24, 2.45) is 0 Å². The molecule has 0 spiro atoms. The summed E-state index contributed by atoms with van der Waals surface area (Å²) < 4.78 is 24.8. The molecule has 1 saturated heterocycles. The molecule has 0 aromatic carbocycles. The number of nitrogens with zero attached hydrogens (tertiary/aromatic N) is 2. The Labute approximate surface area is 93.3 Å². The highest BCUT2D eigenvalue weighted by molar-refractivity contribution is 7.88. The lowest BCUT2D eigenvalue weighted by Gasteiger charge is -2.45. The quantitative estimate of drug-likeness (QED) is 0.723. The van der Waals surface area contributed by atoms with E-state index >= 15 is 0 Å². The van der Waals surface area contributed by atoms with Crippen molar-refractivity contribution < 1.29 is 8.42 Å². The monoisotopic (exact) mass is 234 g/mol. The minimum absolute atomic E-state index is 0.277. The fraction of sp³-hybridized carbons (Fsp3) is 1.00. The summed E-state index contributed by atoms with van der Waals surface area (Å²) in [5.41, 5.74) is -0.277. The van der Waals surface area contributed by atoms with E-state index in [1.807, 2.05) is 13.8 Å². The highest BCUT2D eigenvalue weighted by atomic mass is 32.2. The van der Waals surface area contributed by atoms with Gasteiger partial charge in [-0.15, -0.1) is 0 Å². The van der Waals surface area contributed by atoms with Crippen molar-refractivity contribution in [2.75, 3.05) is 32.4 Å². The van der Waals surface area contributed by atoms with Crippen molar-refractivity contribution in [3.63, 3.8) is 0 Å². The van der Waals surface area contributed by atoms with Gasteiger partial charge in [-0.05, 0) is 26.8 Å². The van der Waals surface area contributed by atoms with E-state index in [2.05, 4.69) is 11.8 Å². The van der Waals surface area contributed by atoms with Gasteiger partial charge in [0.2, 0.25) is 10.0 Å². The molecular weight excluding hydrogens is 212 g/mol.